The molecule has 0 spiro atoms. The summed E-state index contributed by atoms with van der Waals surface area (Å²) in [5.74, 6) is -1.98. The third kappa shape index (κ3) is 3.81. The van der Waals surface area contributed by atoms with Crippen LogP contribution in [0.4, 0.5) is 13.2 Å². The smallest absolute Gasteiger partial charge is 0.352 e. The Bertz CT molecular complexity index is 932. The summed E-state index contributed by atoms with van der Waals surface area (Å²) in [4.78, 5) is 38.3. The third-order valence-electron chi connectivity index (χ3n) is 4.71. The van der Waals surface area contributed by atoms with Crippen molar-refractivity contribution in [3.63, 3.8) is 0 Å². The molecule has 1 saturated carbocycles. The number of halogens is 3. The van der Waals surface area contributed by atoms with E-state index in [9.17, 15) is 27.6 Å². The molecule has 0 radical (unpaired) electrons. The molecule has 6 nitrogen and oxygen atoms in total. The summed E-state index contributed by atoms with van der Waals surface area (Å²) < 4.78 is 39.7. The van der Waals surface area contributed by atoms with Gasteiger partial charge in [0.05, 0.1) is 16.8 Å². The minimum atomic E-state index is -4.27. The lowest BCUT2D eigenvalue weighted by molar-refractivity contribution is -0.184. The number of carbonyl (C=O) groups excluding carboxylic acids is 1. The van der Waals surface area contributed by atoms with Crippen LogP contribution < -0.4 is 16.6 Å². The zero-order chi connectivity index (χ0) is 18.9. The Morgan fingerprint density at radius 1 is 1.23 bits per heavy atom. The van der Waals surface area contributed by atoms with E-state index in [0.717, 1.165) is 4.57 Å². The van der Waals surface area contributed by atoms with E-state index in [2.05, 4.69) is 10.3 Å². The standard InChI is InChI=1S/C17H18F3N3O3/c18-17(19,20)10-4-3-5-11(8-10)21-14(24)9-23-13-7-2-1-6-12(13)15(25)22-16(23)26/h1-2,6-7,10-11H,3-5,8-9H2,(H,21,24)(H,22,25,26)/t10-,11-/m1/s1. The van der Waals surface area contributed by atoms with Gasteiger partial charge >= 0.3 is 11.9 Å². The largest absolute Gasteiger partial charge is 0.391 e. The number of rotatable bonds is 3. The number of hydrogen-bond donors (Lipinski definition) is 2. The van der Waals surface area contributed by atoms with Crippen LogP contribution in [0.5, 0.6) is 0 Å². The molecule has 9 heteroatoms. The molecular weight excluding hydrogens is 351 g/mol. The van der Waals surface area contributed by atoms with Crippen LogP contribution in [0.25, 0.3) is 10.9 Å². The van der Waals surface area contributed by atoms with Gasteiger partial charge in [-0.3, -0.25) is 19.1 Å². The Hall–Kier alpha value is -2.58. The van der Waals surface area contributed by atoms with Crippen LogP contribution in [0.15, 0.2) is 33.9 Å². The quantitative estimate of drug-likeness (QED) is 0.867. The van der Waals surface area contributed by atoms with E-state index in [-0.39, 0.29) is 24.8 Å². The molecule has 2 atom stereocenters. The van der Waals surface area contributed by atoms with Crippen molar-refractivity contribution in [3.05, 3.63) is 45.1 Å². The number of nitrogens with zero attached hydrogens (tertiary/aromatic N) is 1. The normalized spacial score (nSPS) is 20.9. The highest BCUT2D eigenvalue weighted by Crippen LogP contribution is 2.37. The summed E-state index contributed by atoms with van der Waals surface area (Å²) in [6, 6.07) is 5.75. The molecule has 1 heterocycles. The highest BCUT2D eigenvalue weighted by Gasteiger charge is 2.42. The van der Waals surface area contributed by atoms with E-state index in [1.165, 1.54) is 6.07 Å². The molecule has 3 rings (SSSR count). The number of amides is 1. The molecule has 1 aromatic carbocycles. The van der Waals surface area contributed by atoms with E-state index < -0.39 is 35.3 Å². The summed E-state index contributed by atoms with van der Waals surface area (Å²) in [6.45, 7) is -0.372. The number of hydrogen-bond acceptors (Lipinski definition) is 3. The monoisotopic (exact) mass is 369 g/mol. The minimum absolute atomic E-state index is 0.0693. The fraction of sp³-hybridized carbons (Fsp3) is 0.471. The van der Waals surface area contributed by atoms with Gasteiger partial charge in [-0.15, -0.1) is 0 Å². The van der Waals surface area contributed by atoms with Gasteiger partial charge in [-0.05, 0) is 31.4 Å². The molecule has 1 aliphatic rings. The lowest BCUT2D eigenvalue weighted by Crippen LogP contribution is -2.44. The lowest BCUT2D eigenvalue weighted by atomic mass is 9.85. The van der Waals surface area contributed by atoms with E-state index in [1.807, 2.05) is 0 Å². The van der Waals surface area contributed by atoms with Crippen LogP contribution in [0.3, 0.4) is 0 Å². The van der Waals surface area contributed by atoms with Crippen molar-refractivity contribution in [2.24, 2.45) is 5.92 Å². The number of H-pyrrole nitrogens is 1. The molecule has 140 valence electrons. The highest BCUT2D eigenvalue weighted by atomic mass is 19.4. The first-order valence-electron chi connectivity index (χ1n) is 8.33. The third-order valence-corrected chi connectivity index (χ3v) is 4.71. The molecule has 1 aromatic heterocycles. The van der Waals surface area contributed by atoms with Gasteiger partial charge in [0.25, 0.3) is 5.56 Å². The maximum absolute atomic E-state index is 12.9. The number of benzene rings is 1. The Balaban J connectivity index is 1.76. The molecule has 0 aliphatic heterocycles. The summed E-state index contributed by atoms with van der Waals surface area (Å²) in [5.41, 5.74) is -0.989. The fourth-order valence-corrected chi connectivity index (χ4v) is 3.43. The maximum atomic E-state index is 12.9. The van der Waals surface area contributed by atoms with E-state index in [1.54, 1.807) is 18.2 Å². The first kappa shape index (κ1) is 18.2. The van der Waals surface area contributed by atoms with E-state index >= 15 is 0 Å². The minimum Gasteiger partial charge on any atom is -0.352 e. The van der Waals surface area contributed by atoms with Crippen molar-refractivity contribution in [1.29, 1.82) is 0 Å². The summed E-state index contributed by atoms with van der Waals surface area (Å²) in [5, 5.41) is 2.84. The number of fused-ring (bicyclic) bond motifs is 1. The van der Waals surface area contributed by atoms with Gasteiger partial charge < -0.3 is 5.32 Å². The predicted octanol–water partition coefficient (Wildman–Crippen LogP) is 1.93. The SMILES string of the molecule is O=C(Cn1c(=O)[nH]c(=O)c2ccccc21)N[C@@H]1CCC[C@@H](C(F)(F)F)C1. The average Bonchev–Trinajstić information content (AvgIpc) is 2.58. The van der Waals surface area contributed by atoms with Gasteiger partial charge in [0, 0.05) is 6.04 Å². The van der Waals surface area contributed by atoms with E-state index in [0.29, 0.717) is 18.4 Å². The highest BCUT2D eigenvalue weighted by molar-refractivity contribution is 5.81. The van der Waals surface area contributed by atoms with E-state index in [4.69, 9.17) is 0 Å². The van der Waals surface area contributed by atoms with Crippen LogP contribution in [0.1, 0.15) is 25.7 Å². The zero-order valence-electron chi connectivity index (χ0n) is 13.8. The summed E-state index contributed by atoms with van der Waals surface area (Å²) in [7, 11) is 0. The second-order valence-corrected chi connectivity index (χ2v) is 6.53. The lowest BCUT2D eigenvalue weighted by Gasteiger charge is -2.31. The number of aromatic amines is 1. The van der Waals surface area contributed by atoms with Gasteiger partial charge in [-0.2, -0.15) is 13.2 Å². The molecule has 0 saturated heterocycles. The van der Waals surface area contributed by atoms with Crippen molar-refractivity contribution in [3.8, 4) is 0 Å². The van der Waals surface area contributed by atoms with Crippen molar-refractivity contribution < 1.29 is 18.0 Å². The number of carbonyl (C=O) groups is 1. The molecule has 2 N–H and O–H groups in total. The Morgan fingerprint density at radius 2 is 1.96 bits per heavy atom. The summed E-state index contributed by atoms with van der Waals surface area (Å²) >= 11 is 0. The Morgan fingerprint density at radius 3 is 2.69 bits per heavy atom. The first-order valence-corrected chi connectivity index (χ1v) is 8.33. The van der Waals surface area contributed by atoms with Crippen LogP contribution in [-0.2, 0) is 11.3 Å². The van der Waals surface area contributed by atoms with Gasteiger partial charge in [0.15, 0.2) is 0 Å². The van der Waals surface area contributed by atoms with Crippen molar-refractivity contribution in [1.82, 2.24) is 14.9 Å². The van der Waals surface area contributed by atoms with Gasteiger partial charge in [-0.25, -0.2) is 4.79 Å². The Labute approximate surface area is 146 Å². The second kappa shape index (κ2) is 6.97. The maximum Gasteiger partial charge on any atom is 0.391 e. The summed E-state index contributed by atoms with van der Waals surface area (Å²) in [6.07, 6.45) is -3.50. The van der Waals surface area contributed by atoms with Gasteiger partial charge in [-0.1, -0.05) is 18.6 Å². The van der Waals surface area contributed by atoms with Crippen molar-refractivity contribution in [2.45, 2.75) is 44.4 Å². The van der Waals surface area contributed by atoms with Crippen LogP contribution in [0.2, 0.25) is 0 Å². The average molecular weight is 369 g/mol. The molecule has 1 fully saturated rings. The van der Waals surface area contributed by atoms with Crippen LogP contribution in [-0.4, -0.2) is 27.7 Å². The molecule has 1 amide bonds. The van der Waals surface area contributed by atoms with Crippen molar-refractivity contribution >= 4 is 16.8 Å². The molecule has 2 aromatic rings. The zero-order valence-corrected chi connectivity index (χ0v) is 13.8. The van der Waals surface area contributed by atoms with Crippen LogP contribution in [0, 0.1) is 5.92 Å². The van der Waals surface area contributed by atoms with Crippen LogP contribution >= 0.6 is 0 Å². The molecule has 1 aliphatic carbocycles. The first-order chi connectivity index (χ1) is 12.3. The predicted molar refractivity (Wildman–Crippen MR) is 88.8 cm³/mol. The molecule has 0 unspecified atom stereocenters. The topological polar surface area (TPSA) is 84.0 Å². The number of para-hydroxylation sites is 1. The molecule has 0 bridgehead atoms. The molecular formula is C17H18F3N3O3. The number of aromatic nitrogens is 2. The van der Waals surface area contributed by atoms with Gasteiger partial charge in [0.1, 0.15) is 6.54 Å². The van der Waals surface area contributed by atoms with Gasteiger partial charge in [0.2, 0.25) is 5.91 Å². The fourth-order valence-electron chi connectivity index (χ4n) is 3.43. The number of nitrogens with one attached hydrogen (secondary N) is 2. The molecule has 26 heavy (non-hydrogen) atoms. The second-order valence-electron chi connectivity index (χ2n) is 6.53. The Kier molecular flexibility index (Phi) is 4.88. The number of alkyl halides is 3. The van der Waals surface area contributed by atoms with Crippen molar-refractivity contribution in [2.75, 3.05) is 0 Å².